The van der Waals surface area contributed by atoms with Gasteiger partial charge in [-0.3, -0.25) is 4.79 Å². The molecule has 2 rings (SSSR count). The van der Waals surface area contributed by atoms with Gasteiger partial charge >= 0.3 is 17.9 Å². The van der Waals surface area contributed by atoms with Gasteiger partial charge in [0.15, 0.2) is 0 Å². The van der Waals surface area contributed by atoms with E-state index in [9.17, 15) is 19.5 Å². The van der Waals surface area contributed by atoms with Crippen molar-refractivity contribution in [1.82, 2.24) is 0 Å². The van der Waals surface area contributed by atoms with Gasteiger partial charge in [0.25, 0.3) is 0 Å². The maximum atomic E-state index is 12.8. The fraction of sp³-hybridized carbons (Fsp3) is 0.406. The van der Waals surface area contributed by atoms with E-state index in [-0.39, 0.29) is 19.6 Å². The van der Waals surface area contributed by atoms with E-state index in [0.29, 0.717) is 0 Å². The molecular formula is C32H37Cl3O9. The van der Waals surface area contributed by atoms with Crippen molar-refractivity contribution >= 4 is 52.7 Å². The maximum absolute atomic E-state index is 12.8. The van der Waals surface area contributed by atoms with Crippen molar-refractivity contribution in [1.29, 1.82) is 0 Å². The largest absolute Gasteiger partial charge is 0.459 e. The Kier molecular flexibility index (Phi) is 16.5. The van der Waals surface area contributed by atoms with Crippen molar-refractivity contribution in [3.8, 4) is 0 Å². The molecule has 0 aliphatic rings. The smallest absolute Gasteiger partial charge is 0.330 e. The number of carbonyl (C=O) groups excluding carboxylic acids is 3. The zero-order valence-corrected chi connectivity index (χ0v) is 26.9. The minimum absolute atomic E-state index is 0.168. The second kappa shape index (κ2) is 19.5. The van der Waals surface area contributed by atoms with Gasteiger partial charge in [-0.1, -0.05) is 95.5 Å². The molecule has 0 bridgehead atoms. The number of aliphatic hydroxyl groups is 1. The minimum atomic E-state index is -1.77. The number of esters is 3. The highest BCUT2D eigenvalue weighted by Gasteiger charge is 2.24. The Hall–Kier alpha value is -2.92. The van der Waals surface area contributed by atoms with Gasteiger partial charge in [0.05, 0.1) is 25.7 Å². The SMILES string of the molecule is C[C@H](O)CC(=O)O[C@@H](C)[C@@H](/C=C/C(=O)O[C@@H](C)[C@@H](/C=C/C(=O)OCC(Cl)(Cl)Cl)OCc1ccccc1)OCc1ccccc1. The highest BCUT2D eigenvalue weighted by molar-refractivity contribution is 6.67. The Labute approximate surface area is 272 Å². The zero-order valence-electron chi connectivity index (χ0n) is 24.6. The second-order valence-electron chi connectivity index (χ2n) is 9.85. The summed E-state index contributed by atoms with van der Waals surface area (Å²) in [5.74, 6) is -2.11. The minimum Gasteiger partial charge on any atom is -0.459 e. The van der Waals surface area contributed by atoms with Crippen LogP contribution in [0.4, 0.5) is 0 Å². The predicted molar refractivity (Wildman–Crippen MR) is 167 cm³/mol. The first-order valence-electron chi connectivity index (χ1n) is 13.8. The van der Waals surface area contributed by atoms with Gasteiger partial charge in [-0.2, -0.15) is 0 Å². The molecule has 0 fully saturated rings. The molecule has 0 unspecified atom stereocenters. The molecular weight excluding hydrogens is 635 g/mol. The van der Waals surface area contributed by atoms with Crippen LogP contribution in [-0.2, 0) is 51.3 Å². The summed E-state index contributed by atoms with van der Waals surface area (Å²) in [6.45, 7) is 4.60. The number of alkyl halides is 3. The van der Waals surface area contributed by atoms with Crippen molar-refractivity contribution in [2.45, 2.75) is 74.7 Å². The lowest BCUT2D eigenvalue weighted by Crippen LogP contribution is -2.31. The molecule has 0 aliphatic carbocycles. The van der Waals surface area contributed by atoms with Gasteiger partial charge < -0.3 is 28.8 Å². The number of rotatable bonds is 17. The molecule has 0 saturated carbocycles. The summed E-state index contributed by atoms with van der Waals surface area (Å²) in [4.78, 5) is 37.1. The first-order chi connectivity index (χ1) is 20.8. The molecule has 44 heavy (non-hydrogen) atoms. The van der Waals surface area contributed by atoms with E-state index in [2.05, 4.69) is 0 Å². The zero-order chi connectivity index (χ0) is 32.5. The predicted octanol–water partition coefficient (Wildman–Crippen LogP) is 5.82. The molecule has 0 radical (unpaired) electrons. The van der Waals surface area contributed by atoms with Crippen LogP contribution >= 0.6 is 34.8 Å². The molecule has 0 heterocycles. The van der Waals surface area contributed by atoms with Crippen molar-refractivity contribution in [3.63, 3.8) is 0 Å². The molecule has 240 valence electrons. The van der Waals surface area contributed by atoms with E-state index in [4.69, 9.17) is 58.5 Å². The third-order valence-electron chi connectivity index (χ3n) is 5.80. The van der Waals surface area contributed by atoms with E-state index in [1.54, 1.807) is 13.8 Å². The summed E-state index contributed by atoms with van der Waals surface area (Å²) in [5.41, 5.74) is 1.74. The van der Waals surface area contributed by atoms with E-state index in [0.717, 1.165) is 17.2 Å². The Bertz CT molecular complexity index is 1210. The molecule has 0 aromatic heterocycles. The highest BCUT2D eigenvalue weighted by Crippen LogP contribution is 2.26. The molecule has 2 aromatic carbocycles. The van der Waals surface area contributed by atoms with Crippen LogP contribution in [0.15, 0.2) is 85.0 Å². The first-order valence-corrected chi connectivity index (χ1v) is 14.9. The lowest BCUT2D eigenvalue weighted by Gasteiger charge is -2.23. The van der Waals surface area contributed by atoms with Crippen LogP contribution in [0.2, 0.25) is 0 Å². The van der Waals surface area contributed by atoms with Crippen molar-refractivity contribution in [2.75, 3.05) is 6.61 Å². The molecule has 1 N–H and O–H groups in total. The summed E-state index contributed by atoms with van der Waals surface area (Å²) < 4.78 is 26.0. The molecule has 0 saturated heterocycles. The van der Waals surface area contributed by atoms with Crippen LogP contribution in [0.3, 0.4) is 0 Å². The lowest BCUT2D eigenvalue weighted by atomic mass is 10.2. The van der Waals surface area contributed by atoms with Gasteiger partial charge in [-0.25, -0.2) is 9.59 Å². The lowest BCUT2D eigenvalue weighted by molar-refractivity contribution is -0.156. The molecule has 0 aliphatic heterocycles. The van der Waals surface area contributed by atoms with Crippen molar-refractivity contribution in [2.24, 2.45) is 0 Å². The fourth-order valence-corrected chi connectivity index (χ4v) is 3.79. The summed E-state index contributed by atoms with van der Waals surface area (Å²) in [5, 5.41) is 9.50. The summed E-state index contributed by atoms with van der Waals surface area (Å²) >= 11 is 16.9. The van der Waals surface area contributed by atoms with Crippen LogP contribution in [-0.4, -0.2) is 63.9 Å². The average molecular weight is 672 g/mol. The molecule has 2 aromatic rings. The quantitative estimate of drug-likeness (QED) is 0.0961. The van der Waals surface area contributed by atoms with Gasteiger partial charge in [0.1, 0.15) is 31.0 Å². The number of hydrogen-bond donors (Lipinski definition) is 1. The molecule has 12 heteroatoms. The van der Waals surface area contributed by atoms with Crippen LogP contribution < -0.4 is 0 Å². The van der Waals surface area contributed by atoms with Gasteiger partial charge in [-0.05, 0) is 44.1 Å². The van der Waals surface area contributed by atoms with Crippen LogP contribution in [0.5, 0.6) is 0 Å². The Morgan fingerprint density at radius 2 is 1.20 bits per heavy atom. The van der Waals surface area contributed by atoms with Crippen LogP contribution in [0.1, 0.15) is 38.3 Å². The number of halogens is 3. The van der Waals surface area contributed by atoms with Crippen molar-refractivity contribution in [3.05, 3.63) is 96.1 Å². The van der Waals surface area contributed by atoms with Crippen molar-refractivity contribution < 1.29 is 43.2 Å². The topological polar surface area (TPSA) is 118 Å². The molecule has 5 atom stereocenters. The average Bonchev–Trinajstić information content (AvgIpc) is 2.96. The number of benzene rings is 2. The van der Waals surface area contributed by atoms with E-state index < -0.39 is 58.8 Å². The number of aliphatic hydroxyl groups excluding tert-OH is 1. The van der Waals surface area contributed by atoms with Gasteiger partial charge in [0, 0.05) is 12.2 Å². The highest BCUT2D eigenvalue weighted by atomic mass is 35.6. The third-order valence-corrected chi connectivity index (χ3v) is 6.13. The Morgan fingerprint density at radius 1 is 0.750 bits per heavy atom. The van der Waals surface area contributed by atoms with Gasteiger partial charge in [-0.15, -0.1) is 0 Å². The summed E-state index contributed by atoms with van der Waals surface area (Å²) in [6, 6.07) is 18.6. The maximum Gasteiger partial charge on any atom is 0.330 e. The number of carbonyl (C=O) groups is 3. The van der Waals surface area contributed by atoms with E-state index in [1.807, 2.05) is 60.7 Å². The van der Waals surface area contributed by atoms with Gasteiger partial charge in [0.2, 0.25) is 3.79 Å². The molecule has 9 nitrogen and oxygen atoms in total. The Balaban J connectivity index is 2.11. The molecule has 0 spiro atoms. The summed E-state index contributed by atoms with van der Waals surface area (Å²) in [7, 11) is 0. The van der Waals surface area contributed by atoms with Crippen LogP contribution in [0, 0.1) is 0 Å². The monoisotopic (exact) mass is 670 g/mol. The fourth-order valence-electron chi connectivity index (χ4n) is 3.63. The van der Waals surface area contributed by atoms with E-state index in [1.165, 1.54) is 25.2 Å². The van der Waals surface area contributed by atoms with Crippen LogP contribution in [0.25, 0.3) is 0 Å². The van der Waals surface area contributed by atoms with E-state index >= 15 is 0 Å². The second-order valence-corrected chi connectivity index (χ2v) is 12.4. The summed E-state index contributed by atoms with van der Waals surface area (Å²) in [6.07, 6.45) is 0.743. The number of hydrogen-bond acceptors (Lipinski definition) is 9. The molecule has 0 amide bonds. The number of ether oxygens (including phenoxy) is 5. The Morgan fingerprint density at radius 3 is 1.66 bits per heavy atom. The third kappa shape index (κ3) is 16.2. The standard InChI is InChI=1S/C32H37Cl3O9/c1-22(36)18-31(39)44-24(3)28(41-20-26-12-8-5-9-13-26)15-17-30(38)43-23(2)27(40-19-25-10-6-4-7-11-25)14-16-29(37)42-21-32(33,34)35/h4-17,22-24,27-28,36H,18-21H2,1-3H3/b16-14+,17-15+/t22-,23-,24-,27+,28+/m0/s1. The normalized spacial score (nSPS) is 15.3. The first kappa shape index (κ1) is 37.3.